The van der Waals surface area contributed by atoms with Crippen molar-refractivity contribution >= 4 is 5.91 Å². The molecule has 1 unspecified atom stereocenters. The molecule has 2 saturated heterocycles. The van der Waals surface area contributed by atoms with Crippen molar-refractivity contribution in [2.75, 3.05) is 26.3 Å². The summed E-state index contributed by atoms with van der Waals surface area (Å²) in [6.45, 7) is 4.71. The number of aryl methyl sites for hydroxylation is 1. The first-order valence-corrected chi connectivity index (χ1v) is 10.9. The number of para-hydroxylation sites is 1. The minimum absolute atomic E-state index is 0.0152. The molecule has 3 aromatic rings. The van der Waals surface area contributed by atoms with E-state index < -0.39 is 0 Å². The Balaban J connectivity index is 1.49. The Hall–Kier alpha value is -2.96. The Morgan fingerprint density at radius 3 is 2.65 bits per heavy atom. The molecule has 0 bridgehead atoms. The van der Waals surface area contributed by atoms with Gasteiger partial charge in [-0.2, -0.15) is 5.10 Å². The van der Waals surface area contributed by atoms with Gasteiger partial charge >= 0.3 is 0 Å². The van der Waals surface area contributed by atoms with E-state index in [4.69, 9.17) is 14.6 Å². The van der Waals surface area contributed by atoms with Crippen LogP contribution in [0.4, 0.5) is 0 Å². The fraction of sp³-hybridized carbons (Fsp3) is 0.360. The molecular formula is C25H27N3O3. The number of carbonyl (C=O) groups excluding carboxylic acids is 1. The molecule has 2 fully saturated rings. The van der Waals surface area contributed by atoms with Crippen LogP contribution >= 0.6 is 0 Å². The molecule has 2 aromatic carbocycles. The molecule has 0 saturated carbocycles. The average Bonchev–Trinajstić information content (AvgIpc) is 3.50. The van der Waals surface area contributed by atoms with Crippen LogP contribution in [-0.4, -0.2) is 53.2 Å². The maximum atomic E-state index is 13.7. The number of hydrogen-bond acceptors (Lipinski definition) is 4. The summed E-state index contributed by atoms with van der Waals surface area (Å²) in [7, 11) is 0. The highest BCUT2D eigenvalue weighted by Crippen LogP contribution is 2.29. The minimum atomic E-state index is -0.195. The molecule has 31 heavy (non-hydrogen) atoms. The van der Waals surface area contributed by atoms with Crippen molar-refractivity contribution in [3.8, 4) is 16.9 Å². The zero-order valence-electron chi connectivity index (χ0n) is 17.7. The number of benzene rings is 2. The first-order valence-electron chi connectivity index (χ1n) is 10.9. The van der Waals surface area contributed by atoms with E-state index in [9.17, 15) is 4.79 Å². The number of aromatic nitrogens is 2. The van der Waals surface area contributed by atoms with Gasteiger partial charge in [0.1, 0.15) is 5.69 Å². The largest absolute Gasteiger partial charge is 0.350 e. The van der Waals surface area contributed by atoms with E-state index in [1.165, 1.54) is 0 Å². The van der Waals surface area contributed by atoms with Crippen molar-refractivity contribution < 1.29 is 14.3 Å². The summed E-state index contributed by atoms with van der Waals surface area (Å²) in [5.41, 5.74) is 4.36. The molecule has 1 atom stereocenters. The average molecular weight is 418 g/mol. The summed E-state index contributed by atoms with van der Waals surface area (Å²) in [6, 6.07) is 18.1. The standard InChI is InChI=1S/C25H27N3O3/c1-18-7-5-8-19(15-18)23-22(17-28(26-23)21-10-3-2-4-11-21)24(29)27-12-6-9-20(16-27)25-30-13-14-31-25/h2-5,7-8,10-11,15,17,20,25H,6,9,12-14,16H2,1H3. The first kappa shape index (κ1) is 20.0. The quantitative estimate of drug-likeness (QED) is 0.642. The Morgan fingerprint density at radius 2 is 1.87 bits per heavy atom. The van der Waals surface area contributed by atoms with E-state index in [0.29, 0.717) is 31.0 Å². The van der Waals surface area contributed by atoms with Crippen LogP contribution < -0.4 is 0 Å². The van der Waals surface area contributed by atoms with Gasteiger partial charge in [-0.15, -0.1) is 0 Å². The number of rotatable bonds is 4. The maximum Gasteiger partial charge on any atom is 0.257 e. The molecule has 160 valence electrons. The molecule has 0 radical (unpaired) electrons. The number of carbonyl (C=O) groups is 1. The van der Waals surface area contributed by atoms with Crippen molar-refractivity contribution in [1.82, 2.24) is 14.7 Å². The lowest BCUT2D eigenvalue weighted by molar-refractivity contribution is -0.0969. The zero-order chi connectivity index (χ0) is 21.2. The van der Waals surface area contributed by atoms with Crippen LogP contribution in [0.5, 0.6) is 0 Å². The Bertz CT molecular complexity index is 1060. The number of hydrogen-bond donors (Lipinski definition) is 0. The second-order valence-corrected chi connectivity index (χ2v) is 8.30. The van der Waals surface area contributed by atoms with E-state index >= 15 is 0 Å². The molecule has 0 aliphatic carbocycles. The van der Waals surface area contributed by atoms with E-state index in [-0.39, 0.29) is 18.1 Å². The monoisotopic (exact) mass is 417 g/mol. The minimum Gasteiger partial charge on any atom is -0.350 e. The zero-order valence-corrected chi connectivity index (χ0v) is 17.7. The molecule has 3 heterocycles. The predicted molar refractivity (Wildman–Crippen MR) is 118 cm³/mol. The van der Waals surface area contributed by atoms with Crippen LogP contribution in [0.15, 0.2) is 60.8 Å². The molecular weight excluding hydrogens is 390 g/mol. The van der Waals surface area contributed by atoms with Crippen molar-refractivity contribution in [3.63, 3.8) is 0 Å². The fourth-order valence-corrected chi connectivity index (χ4v) is 4.48. The molecule has 2 aliphatic rings. The fourth-order valence-electron chi connectivity index (χ4n) is 4.48. The van der Waals surface area contributed by atoms with Gasteiger partial charge in [-0.05, 0) is 38.0 Å². The van der Waals surface area contributed by atoms with E-state index in [1.54, 1.807) is 4.68 Å². The lowest BCUT2D eigenvalue weighted by Crippen LogP contribution is -2.43. The van der Waals surface area contributed by atoms with E-state index in [2.05, 4.69) is 19.1 Å². The van der Waals surface area contributed by atoms with Gasteiger partial charge in [0.2, 0.25) is 0 Å². The van der Waals surface area contributed by atoms with Gasteiger partial charge in [-0.3, -0.25) is 4.79 Å². The van der Waals surface area contributed by atoms with Crippen molar-refractivity contribution in [2.24, 2.45) is 5.92 Å². The molecule has 5 rings (SSSR count). The summed E-state index contributed by atoms with van der Waals surface area (Å²) in [5, 5.41) is 4.82. The van der Waals surface area contributed by atoms with Gasteiger partial charge in [-0.1, -0.05) is 42.0 Å². The number of nitrogens with zero attached hydrogens (tertiary/aromatic N) is 3. The lowest BCUT2D eigenvalue weighted by Gasteiger charge is -2.34. The Labute approximate surface area is 182 Å². The lowest BCUT2D eigenvalue weighted by atomic mass is 9.96. The third-order valence-electron chi connectivity index (χ3n) is 6.03. The van der Waals surface area contributed by atoms with Gasteiger partial charge in [0.05, 0.1) is 24.5 Å². The van der Waals surface area contributed by atoms with Crippen LogP contribution in [0.25, 0.3) is 16.9 Å². The molecule has 1 amide bonds. The summed E-state index contributed by atoms with van der Waals surface area (Å²) in [5.74, 6) is 0.230. The Morgan fingerprint density at radius 1 is 1.06 bits per heavy atom. The molecule has 0 spiro atoms. The normalized spacial score (nSPS) is 19.6. The summed E-state index contributed by atoms with van der Waals surface area (Å²) in [4.78, 5) is 15.6. The predicted octanol–water partition coefficient (Wildman–Crippen LogP) is 4.07. The molecule has 2 aliphatic heterocycles. The highest BCUT2D eigenvalue weighted by molar-refractivity contribution is 6.00. The summed E-state index contributed by atoms with van der Waals surface area (Å²) in [6.07, 6.45) is 3.63. The second-order valence-electron chi connectivity index (χ2n) is 8.30. The SMILES string of the molecule is Cc1cccc(-c2nn(-c3ccccc3)cc2C(=O)N2CCCC(C3OCCO3)C2)c1. The molecule has 1 aromatic heterocycles. The van der Waals surface area contributed by atoms with E-state index in [1.807, 2.05) is 53.6 Å². The molecule has 6 heteroatoms. The topological polar surface area (TPSA) is 56.6 Å². The van der Waals surface area contributed by atoms with Gasteiger partial charge < -0.3 is 14.4 Å². The third kappa shape index (κ3) is 4.13. The van der Waals surface area contributed by atoms with Gasteiger partial charge in [0.25, 0.3) is 5.91 Å². The van der Waals surface area contributed by atoms with Crippen molar-refractivity contribution in [1.29, 1.82) is 0 Å². The van der Waals surface area contributed by atoms with Crippen LogP contribution in [0, 0.1) is 12.8 Å². The second kappa shape index (κ2) is 8.65. The van der Waals surface area contributed by atoms with Crippen molar-refractivity contribution in [2.45, 2.75) is 26.1 Å². The number of likely N-dealkylation sites (tertiary alicyclic amines) is 1. The van der Waals surface area contributed by atoms with Gasteiger partial charge in [0, 0.05) is 30.8 Å². The number of ether oxygens (including phenoxy) is 2. The third-order valence-corrected chi connectivity index (χ3v) is 6.03. The first-order chi connectivity index (χ1) is 15.2. The van der Waals surface area contributed by atoms with Crippen LogP contribution in [0.1, 0.15) is 28.8 Å². The number of piperidine rings is 1. The summed E-state index contributed by atoms with van der Waals surface area (Å²) >= 11 is 0. The van der Waals surface area contributed by atoms with Crippen molar-refractivity contribution in [3.05, 3.63) is 71.9 Å². The molecule has 0 N–H and O–H groups in total. The Kier molecular flexibility index (Phi) is 5.57. The highest BCUT2D eigenvalue weighted by atomic mass is 16.7. The van der Waals surface area contributed by atoms with Crippen LogP contribution in [0.3, 0.4) is 0 Å². The molecule has 6 nitrogen and oxygen atoms in total. The summed E-state index contributed by atoms with van der Waals surface area (Å²) < 4.78 is 13.2. The smallest absolute Gasteiger partial charge is 0.257 e. The van der Waals surface area contributed by atoms with Crippen LogP contribution in [-0.2, 0) is 9.47 Å². The maximum absolute atomic E-state index is 13.7. The van der Waals surface area contributed by atoms with E-state index in [0.717, 1.165) is 36.2 Å². The van der Waals surface area contributed by atoms with Gasteiger partial charge in [0.15, 0.2) is 6.29 Å². The number of amides is 1. The van der Waals surface area contributed by atoms with Gasteiger partial charge in [-0.25, -0.2) is 4.68 Å². The van der Waals surface area contributed by atoms with Crippen LogP contribution in [0.2, 0.25) is 0 Å². The highest BCUT2D eigenvalue weighted by Gasteiger charge is 2.34.